The Morgan fingerprint density at radius 2 is 1.90 bits per heavy atom. The first-order valence-electron chi connectivity index (χ1n) is 10.6. The molecule has 1 saturated carbocycles. The molecule has 1 fully saturated rings. The van der Waals surface area contributed by atoms with Crippen molar-refractivity contribution < 1.29 is 14.3 Å². The van der Waals surface area contributed by atoms with E-state index in [9.17, 15) is 4.79 Å². The predicted octanol–water partition coefficient (Wildman–Crippen LogP) is 3.19. The van der Waals surface area contributed by atoms with E-state index in [1.807, 2.05) is 30.3 Å². The van der Waals surface area contributed by atoms with Crippen LogP contribution in [-0.2, 0) is 22.4 Å². The Bertz CT molecular complexity index is 837. The molecule has 0 aliphatic heterocycles. The zero-order valence-electron chi connectivity index (χ0n) is 17.0. The number of fused-ring (bicyclic) bond motifs is 1. The topological polar surface area (TPSA) is 73.3 Å². The highest BCUT2D eigenvalue weighted by Gasteiger charge is 2.28. The van der Waals surface area contributed by atoms with Crippen LogP contribution in [0.2, 0.25) is 0 Å². The van der Waals surface area contributed by atoms with Crippen LogP contribution in [0.1, 0.15) is 36.9 Å². The van der Waals surface area contributed by atoms with E-state index in [1.165, 1.54) is 12.8 Å². The van der Waals surface area contributed by atoms with Crippen LogP contribution in [0.4, 0.5) is 0 Å². The first-order chi connectivity index (χ1) is 14.2. The highest BCUT2D eigenvalue weighted by Crippen LogP contribution is 2.34. The largest absolute Gasteiger partial charge is 0.477 e. The highest BCUT2D eigenvalue weighted by atomic mass is 16.5. The number of benzene rings is 1. The van der Waals surface area contributed by atoms with E-state index >= 15 is 0 Å². The van der Waals surface area contributed by atoms with Crippen molar-refractivity contribution in [3.8, 4) is 17.3 Å². The van der Waals surface area contributed by atoms with Gasteiger partial charge in [0.2, 0.25) is 11.8 Å². The lowest BCUT2D eigenvalue weighted by Gasteiger charge is -2.14. The van der Waals surface area contributed by atoms with E-state index < -0.39 is 0 Å². The van der Waals surface area contributed by atoms with Crippen LogP contribution >= 0.6 is 0 Å². The van der Waals surface area contributed by atoms with Gasteiger partial charge in [0, 0.05) is 30.7 Å². The number of hydrogen-bond donors (Lipinski definition) is 1. The third-order valence-electron chi connectivity index (χ3n) is 5.69. The number of methoxy groups -OCH3 is 1. The van der Waals surface area contributed by atoms with Crippen LogP contribution in [0.5, 0.6) is 5.88 Å². The van der Waals surface area contributed by atoms with Gasteiger partial charge in [0.25, 0.3) is 0 Å². The number of carbonyl (C=O) groups is 1. The number of nitrogens with zero attached hydrogens (tertiary/aromatic N) is 2. The van der Waals surface area contributed by atoms with Gasteiger partial charge in [-0.1, -0.05) is 30.3 Å². The Morgan fingerprint density at radius 1 is 1.10 bits per heavy atom. The third-order valence-corrected chi connectivity index (χ3v) is 5.69. The molecule has 0 bridgehead atoms. The minimum Gasteiger partial charge on any atom is -0.477 e. The second kappa shape index (κ2) is 9.35. The number of hydrogen-bond acceptors (Lipinski definition) is 5. The number of amides is 1. The van der Waals surface area contributed by atoms with Gasteiger partial charge in [-0.15, -0.1) is 0 Å². The molecule has 2 aliphatic carbocycles. The molecule has 0 saturated heterocycles. The first kappa shape index (κ1) is 19.8. The van der Waals surface area contributed by atoms with E-state index in [0.717, 1.165) is 49.1 Å². The normalized spacial score (nSPS) is 18.6. The molecule has 154 valence electrons. The van der Waals surface area contributed by atoms with E-state index in [2.05, 4.69) is 5.32 Å². The summed E-state index contributed by atoms with van der Waals surface area (Å²) in [5.41, 5.74) is 3.10. The molecule has 6 heteroatoms. The van der Waals surface area contributed by atoms with Crippen molar-refractivity contribution in [3.05, 3.63) is 41.6 Å². The van der Waals surface area contributed by atoms with Crippen LogP contribution in [0, 0.1) is 11.8 Å². The second-order valence-electron chi connectivity index (χ2n) is 7.96. The smallest absolute Gasteiger partial charge is 0.223 e. The van der Waals surface area contributed by atoms with Crippen molar-refractivity contribution in [1.29, 1.82) is 0 Å². The summed E-state index contributed by atoms with van der Waals surface area (Å²) in [5.74, 6) is 2.16. The van der Waals surface area contributed by atoms with Crippen molar-refractivity contribution in [2.75, 3.05) is 26.9 Å². The van der Waals surface area contributed by atoms with Gasteiger partial charge in [-0.25, -0.2) is 4.98 Å². The van der Waals surface area contributed by atoms with Gasteiger partial charge in [-0.3, -0.25) is 4.79 Å². The fourth-order valence-electron chi connectivity index (χ4n) is 3.74. The van der Waals surface area contributed by atoms with Crippen LogP contribution in [0.3, 0.4) is 0 Å². The van der Waals surface area contributed by atoms with E-state index in [4.69, 9.17) is 19.4 Å². The molecule has 4 rings (SSSR count). The number of ether oxygens (including phenoxy) is 2. The third kappa shape index (κ3) is 5.12. The van der Waals surface area contributed by atoms with Crippen LogP contribution in [0.15, 0.2) is 30.3 Å². The summed E-state index contributed by atoms with van der Waals surface area (Å²) in [5, 5.41) is 2.98. The maximum atomic E-state index is 12.5. The zero-order valence-corrected chi connectivity index (χ0v) is 17.0. The number of nitrogens with one attached hydrogen (secondary N) is 1. The maximum Gasteiger partial charge on any atom is 0.223 e. The van der Waals surface area contributed by atoms with Crippen molar-refractivity contribution in [3.63, 3.8) is 0 Å². The lowest BCUT2D eigenvalue weighted by Crippen LogP contribution is -2.33. The lowest BCUT2D eigenvalue weighted by atomic mass is 9.99. The van der Waals surface area contributed by atoms with Crippen LogP contribution in [-0.4, -0.2) is 42.7 Å². The Balaban J connectivity index is 1.55. The Kier molecular flexibility index (Phi) is 6.39. The van der Waals surface area contributed by atoms with Gasteiger partial charge >= 0.3 is 0 Å². The highest BCUT2D eigenvalue weighted by molar-refractivity contribution is 5.78. The predicted molar refractivity (Wildman–Crippen MR) is 111 cm³/mol. The van der Waals surface area contributed by atoms with E-state index in [0.29, 0.717) is 30.8 Å². The molecule has 29 heavy (non-hydrogen) atoms. The summed E-state index contributed by atoms with van der Waals surface area (Å²) in [6, 6.07) is 10.0. The minimum absolute atomic E-state index is 0.0162. The van der Waals surface area contributed by atoms with Gasteiger partial charge in [0.05, 0.1) is 18.9 Å². The molecule has 2 aromatic rings. The number of rotatable bonds is 8. The summed E-state index contributed by atoms with van der Waals surface area (Å²) in [6.45, 7) is 1.80. The van der Waals surface area contributed by atoms with Gasteiger partial charge in [-0.2, -0.15) is 4.98 Å². The van der Waals surface area contributed by atoms with Gasteiger partial charge in [0.15, 0.2) is 5.82 Å². The standard InChI is InChI=1S/C23H29N3O3/c1-28-14-13-24-22(27)18-9-11-19-20(12-10-18)25-21(17-5-3-2-4-6-17)26-23(19)29-15-16-7-8-16/h2-6,16,18H,7-15H2,1H3,(H,24,27). The molecule has 1 N–H and O–H groups in total. The molecule has 1 atom stereocenters. The molecular formula is C23H29N3O3. The van der Waals surface area contributed by atoms with Crippen molar-refractivity contribution in [1.82, 2.24) is 15.3 Å². The summed E-state index contributed by atoms with van der Waals surface area (Å²) in [6.07, 6.45) is 5.59. The first-order valence-corrected chi connectivity index (χ1v) is 10.6. The van der Waals surface area contributed by atoms with Gasteiger partial charge < -0.3 is 14.8 Å². The van der Waals surface area contributed by atoms with E-state index in [1.54, 1.807) is 7.11 Å². The summed E-state index contributed by atoms with van der Waals surface area (Å²) >= 11 is 0. The molecule has 1 aromatic heterocycles. The fraction of sp³-hybridized carbons (Fsp3) is 0.522. The molecule has 6 nitrogen and oxygen atoms in total. The molecule has 1 heterocycles. The number of carbonyl (C=O) groups excluding carboxylic acids is 1. The Labute approximate surface area is 172 Å². The Hall–Kier alpha value is -2.47. The van der Waals surface area contributed by atoms with Crippen LogP contribution < -0.4 is 10.1 Å². The zero-order chi connectivity index (χ0) is 20.1. The molecule has 1 aromatic carbocycles. The number of aromatic nitrogens is 2. The second-order valence-corrected chi connectivity index (χ2v) is 7.96. The van der Waals surface area contributed by atoms with Gasteiger partial charge in [-0.05, 0) is 44.4 Å². The molecule has 1 unspecified atom stereocenters. The monoisotopic (exact) mass is 395 g/mol. The fourth-order valence-corrected chi connectivity index (χ4v) is 3.74. The van der Waals surface area contributed by atoms with Gasteiger partial charge in [0.1, 0.15) is 0 Å². The Morgan fingerprint density at radius 3 is 2.66 bits per heavy atom. The summed E-state index contributed by atoms with van der Waals surface area (Å²) in [7, 11) is 1.64. The molecular weight excluding hydrogens is 366 g/mol. The van der Waals surface area contributed by atoms with Crippen molar-refractivity contribution in [2.45, 2.75) is 38.5 Å². The number of aryl methyl sites for hydroxylation is 1. The van der Waals surface area contributed by atoms with E-state index in [-0.39, 0.29) is 11.8 Å². The molecule has 1 amide bonds. The SMILES string of the molecule is COCCNC(=O)C1CCc2nc(-c3ccccc3)nc(OCC3CC3)c2CC1. The average molecular weight is 396 g/mol. The molecule has 0 radical (unpaired) electrons. The van der Waals surface area contributed by atoms with Crippen molar-refractivity contribution >= 4 is 5.91 Å². The van der Waals surface area contributed by atoms with Crippen molar-refractivity contribution in [2.24, 2.45) is 11.8 Å². The minimum atomic E-state index is -0.0162. The average Bonchev–Trinajstić information content (AvgIpc) is 3.59. The lowest BCUT2D eigenvalue weighted by molar-refractivity contribution is -0.125. The van der Waals surface area contributed by atoms with Crippen LogP contribution in [0.25, 0.3) is 11.4 Å². The quantitative estimate of drug-likeness (QED) is 0.549. The summed E-state index contributed by atoms with van der Waals surface area (Å²) < 4.78 is 11.2. The summed E-state index contributed by atoms with van der Waals surface area (Å²) in [4.78, 5) is 22.2. The maximum absolute atomic E-state index is 12.5. The molecule has 2 aliphatic rings. The molecule has 0 spiro atoms.